The molecule has 1 unspecified atom stereocenters. The van der Waals surface area contributed by atoms with Crippen molar-refractivity contribution in [2.75, 3.05) is 5.73 Å². The fraction of sp³-hybridized carbons (Fsp3) is 0.267. The summed E-state index contributed by atoms with van der Waals surface area (Å²) in [6.07, 6.45) is 1.67. The quantitative estimate of drug-likeness (QED) is 0.904. The van der Waals surface area contributed by atoms with Gasteiger partial charge in [0.05, 0.1) is 11.7 Å². The van der Waals surface area contributed by atoms with Crippen LogP contribution in [0, 0.1) is 12.7 Å². The second-order valence-electron chi connectivity index (χ2n) is 4.97. The van der Waals surface area contributed by atoms with Crippen molar-refractivity contribution in [2.24, 2.45) is 7.05 Å². The zero-order valence-electron chi connectivity index (χ0n) is 11.8. The highest BCUT2D eigenvalue weighted by Gasteiger charge is 2.15. The number of aromatic nitrogens is 1. The normalized spacial score (nSPS) is 12.2. The predicted molar refractivity (Wildman–Crippen MR) is 76.8 cm³/mol. The van der Waals surface area contributed by atoms with E-state index in [0.717, 1.165) is 5.56 Å². The Morgan fingerprint density at radius 1 is 1.40 bits per heavy atom. The van der Waals surface area contributed by atoms with Crippen LogP contribution in [0.4, 0.5) is 10.1 Å². The number of hydrogen-bond acceptors (Lipinski definition) is 2. The molecule has 20 heavy (non-hydrogen) atoms. The maximum absolute atomic E-state index is 13.5. The summed E-state index contributed by atoms with van der Waals surface area (Å²) in [6, 6.07) is 6.28. The molecule has 4 nitrogen and oxygen atoms in total. The molecule has 0 fully saturated rings. The smallest absolute Gasteiger partial charge is 0.268 e. The summed E-state index contributed by atoms with van der Waals surface area (Å²) < 4.78 is 15.2. The van der Waals surface area contributed by atoms with Crippen molar-refractivity contribution in [3.63, 3.8) is 0 Å². The second-order valence-corrected chi connectivity index (χ2v) is 4.97. The van der Waals surface area contributed by atoms with E-state index in [-0.39, 0.29) is 17.8 Å². The number of rotatable bonds is 3. The van der Waals surface area contributed by atoms with Crippen molar-refractivity contribution in [1.29, 1.82) is 0 Å². The van der Waals surface area contributed by atoms with Gasteiger partial charge >= 0.3 is 0 Å². The van der Waals surface area contributed by atoms with Gasteiger partial charge in [-0.3, -0.25) is 4.79 Å². The van der Waals surface area contributed by atoms with Gasteiger partial charge in [-0.2, -0.15) is 0 Å². The average molecular weight is 275 g/mol. The van der Waals surface area contributed by atoms with Gasteiger partial charge in [-0.05, 0) is 37.1 Å². The molecule has 0 radical (unpaired) electrons. The summed E-state index contributed by atoms with van der Waals surface area (Å²) in [7, 11) is 1.75. The van der Waals surface area contributed by atoms with Crippen LogP contribution < -0.4 is 11.1 Å². The van der Waals surface area contributed by atoms with Crippen molar-refractivity contribution < 1.29 is 9.18 Å². The number of nitrogens with one attached hydrogen (secondary N) is 1. The number of aryl methyl sites for hydroxylation is 2. The Labute approximate surface area is 117 Å². The van der Waals surface area contributed by atoms with Gasteiger partial charge in [-0.25, -0.2) is 4.39 Å². The Bertz CT molecular complexity index is 649. The average Bonchev–Trinajstić information content (AvgIpc) is 2.71. The fourth-order valence-corrected chi connectivity index (χ4v) is 2.05. The molecule has 0 aliphatic rings. The second kappa shape index (κ2) is 5.36. The highest BCUT2D eigenvalue weighted by Crippen LogP contribution is 2.17. The van der Waals surface area contributed by atoms with Gasteiger partial charge in [0.25, 0.3) is 5.91 Å². The number of carbonyl (C=O) groups excluding carboxylic acids is 1. The van der Waals surface area contributed by atoms with Gasteiger partial charge in [-0.1, -0.05) is 12.1 Å². The zero-order valence-corrected chi connectivity index (χ0v) is 11.8. The molecule has 5 heteroatoms. The Balaban J connectivity index is 2.14. The van der Waals surface area contributed by atoms with E-state index < -0.39 is 0 Å². The van der Waals surface area contributed by atoms with E-state index in [1.54, 1.807) is 36.9 Å². The van der Waals surface area contributed by atoms with Gasteiger partial charge in [0.15, 0.2) is 0 Å². The monoisotopic (exact) mass is 275 g/mol. The molecule has 0 spiro atoms. The molecule has 1 aromatic carbocycles. The minimum atomic E-state index is -0.284. The molecule has 106 valence electrons. The van der Waals surface area contributed by atoms with Gasteiger partial charge in [0.2, 0.25) is 0 Å². The standard InChI is InChI=1S/C15H18FN3O/c1-9-4-5-11(6-13(9)16)10(2)18-15(20)14-7-12(17)8-19(14)3/h4-8,10H,17H2,1-3H3,(H,18,20). The van der Waals surface area contributed by atoms with Crippen LogP contribution in [0.3, 0.4) is 0 Å². The van der Waals surface area contributed by atoms with Crippen LogP contribution in [0.1, 0.15) is 34.6 Å². The summed E-state index contributed by atoms with van der Waals surface area (Å²) in [6.45, 7) is 3.52. The molecule has 2 rings (SSSR count). The first-order valence-electron chi connectivity index (χ1n) is 6.37. The third kappa shape index (κ3) is 2.82. The van der Waals surface area contributed by atoms with Crippen molar-refractivity contribution in [3.8, 4) is 0 Å². The first-order valence-corrected chi connectivity index (χ1v) is 6.37. The summed E-state index contributed by atoms with van der Waals surface area (Å²) in [5, 5.41) is 2.83. The third-order valence-corrected chi connectivity index (χ3v) is 3.30. The Kier molecular flexibility index (Phi) is 3.79. The number of benzene rings is 1. The first kappa shape index (κ1) is 14.1. The number of halogens is 1. The molecule has 1 heterocycles. The summed E-state index contributed by atoms with van der Waals surface area (Å²) >= 11 is 0. The molecule has 3 N–H and O–H groups in total. The number of anilines is 1. The van der Waals surface area contributed by atoms with Gasteiger partial charge in [0, 0.05) is 13.2 Å². The highest BCUT2D eigenvalue weighted by atomic mass is 19.1. The minimum absolute atomic E-state index is 0.238. The Hall–Kier alpha value is -2.30. The molecule has 1 aromatic heterocycles. The molecule has 0 bridgehead atoms. The molecule has 1 atom stereocenters. The van der Waals surface area contributed by atoms with E-state index in [0.29, 0.717) is 16.9 Å². The third-order valence-electron chi connectivity index (χ3n) is 3.30. The largest absolute Gasteiger partial charge is 0.397 e. The summed E-state index contributed by atoms with van der Waals surface area (Å²) in [5.74, 6) is -0.510. The molecule has 0 saturated carbocycles. The van der Waals surface area contributed by atoms with E-state index in [1.807, 2.05) is 13.0 Å². The van der Waals surface area contributed by atoms with Crippen LogP contribution in [0.25, 0.3) is 0 Å². The number of nitrogen functional groups attached to an aromatic ring is 1. The molecule has 2 aromatic rings. The number of nitrogens with two attached hydrogens (primary N) is 1. The van der Waals surface area contributed by atoms with Crippen molar-refractivity contribution in [2.45, 2.75) is 19.9 Å². The van der Waals surface area contributed by atoms with E-state index in [4.69, 9.17) is 5.73 Å². The Morgan fingerprint density at radius 3 is 2.65 bits per heavy atom. The van der Waals surface area contributed by atoms with Crippen LogP contribution in [0.15, 0.2) is 30.5 Å². The topological polar surface area (TPSA) is 60.1 Å². The van der Waals surface area contributed by atoms with E-state index in [1.165, 1.54) is 6.07 Å². The Morgan fingerprint density at radius 2 is 2.10 bits per heavy atom. The molecule has 0 saturated heterocycles. The zero-order chi connectivity index (χ0) is 14.9. The van der Waals surface area contributed by atoms with Gasteiger partial charge in [0.1, 0.15) is 11.5 Å². The number of hydrogen-bond donors (Lipinski definition) is 2. The van der Waals surface area contributed by atoms with Crippen LogP contribution in [-0.4, -0.2) is 10.5 Å². The predicted octanol–water partition coefficient (Wildman–Crippen LogP) is 2.55. The maximum Gasteiger partial charge on any atom is 0.268 e. The van der Waals surface area contributed by atoms with Crippen LogP contribution in [0.2, 0.25) is 0 Å². The molecule has 1 amide bonds. The minimum Gasteiger partial charge on any atom is -0.397 e. The SMILES string of the molecule is Cc1ccc(C(C)NC(=O)c2cc(N)cn2C)cc1F. The van der Waals surface area contributed by atoms with Crippen LogP contribution >= 0.6 is 0 Å². The number of carbonyl (C=O) groups is 1. The fourth-order valence-electron chi connectivity index (χ4n) is 2.05. The summed E-state index contributed by atoms with van der Waals surface area (Å²) in [5.41, 5.74) is 7.96. The van der Waals surface area contributed by atoms with Crippen molar-refractivity contribution >= 4 is 11.6 Å². The van der Waals surface area contributed by atoms with Crippen LogP contribution in [-0.2, 0) is 7.05 Å². The van der Waals surface area contributed by atoms with E-state index >= 15 is 0 Å². The lowest BCUT2D eigenvalue weighted by Crippen LogP contribution is -2.28. The molecular formula is C15H18FN3O. The van der Waals surface area contributed by atoms with E-state index in [2.05, 4.69) is 5.32 Å². The van der Waals surface area contributed by atoms with Gasteiger partial charge < -0.3 is 15.6 Å². The number of amides is 1. The van der Waals surface area contributed by atoms with Gasteiger partial charge in [-0.15, -0.1) is 0 Å². The van der Waals surface area contributed by atoms with Crippen LogP contribution in [0.5, 0.6) is 0 Å². The van der Waals surface area contributed by atoms with Crippen molar-refractivity contribution in [1.82, 2.24) is 9.88 Å². The molecule has 0 aliphatic heterocycles. The molecule has 0 aliphatic carbocycles. The highest BCUT2D eigenvalue weighted by molar-refractivity contribution is 5.94. The number of nitrogens with zero attached hydrogens (tertiary/aromatic N) is 1. The van der Waals surface area contributed by atoms with Crippen molar-refractivity contribution in [3.05, 3.63) is 53.1 Å². The first-order chi connectivity index (χ1) is 9.38. The lowest BCUT2D eigenvalue weighted by Gasteiger charge is -2.15. The lowest BCUT2D eigenvalue weighted by atomic mass is 10.1. The lowest BCUT2D eigenvalue weighted by molar-refractivity contribution is 0.0931. The van der Waals surface area contributed by atoms with E-state index in [9.17, 15) is 9.18 Å². The maximum atomic E-state index is 13.5. The summed E-state index contributed by atoms with van der Waals surface area (Å²) in [4.78, 5) is 12.1. The molecular weight excluding hydrogens is 257 g/mol.